The molecular weight excluding hydrogens is 433 g/mol. The van der Waals surface area contributed by atoms with Crippen LogP contribution in [0.3, 0.4) is 0 Å². The Balaban J connectivity index is 1.62. The van der Waals surface area contributed by atoms with E-state index in [0.717, 1.165) is 23.9 Å². The van der Waals surface area contributed by atoms with Gasteiger partial charge in [0.1, 0.15) is 11.0 Å². The standard InChI is InChI=1S/C20H17F3N4O3S/c1-30-15-9-5-2-6-12(15)11-24-27-19-26-18(29)16(31-19)10-17(28)25-14-8-4-3-7-13(14)20(21,22)23/h2-9,11,16H,10H2,1H3,(H,25,28)(H,26,27,29)/b24-11-/t16-/m0/s1. The molecular formula is C20H17F3N4O3S. The lowest BCUT2D eigenvalue weighted by atomic mass is 10.1. The quantitative estimate of drug-likeness (QED) is 0.519. The smallest absolute Gasteiger partial charge is 0.418 e. The van der Waals surface area contributed by atoms with E-state index in [1.54, 1.807) is 24.3 Å². The zero-order valence-corrected chi connectivity index (χ0v) is 17.0. The molecule has 2 N–H and O–H groups in total. The van der Waals surface area contributed by atoms with Crippen LogP contribution >= 0.6 is 11.8 Å². The predicted octanol–water partition coefficient (Wildman–Crippen LogP) is 3.66. The monoisotopic (exact) mass is 450 g/mol. The maximum Gasteiger partial charge on any atom is 0.418 e. The molecule has 162 valence electrons. The van der Waals surface area contributed by atoms with Gasteiger partial charge in [0, 0.05) is 12.0 Å². The number of alkyl halides is 3. The number of thioether (sulfide) groups is 1. The molecule has 2 aromatic rings. The molecule has 0 bridgehead atoms. The molecule has 1 heterocycles. The third-order valence-electron chi connectivity index (χ3n) is 4.14. The minimum atomic E-state index is -4.61. The van der Waals surface area contributed by atoms with E-state index in [-0.39, 0.29) is 17.3 Å². The number of nitrogens with zero attached hydrogens (tertiary/aromatic N) is 2. The maximum absolute atomic E-state index is 13.0. The van der Waals surface area contributed by atoms with Crippen LogP contribution in [0.25, 0.3) is 0 Å². The zero-order valence-electron chi connectivity index (χ0n) is 16.1. The number of carbonyl (C=O) groups is 2. The number of halogens is 3. The molecule has 7 nitrogen and oxygen atoms in total. The molecule has 2 amide bonds. The van der Waals surface area contributed by atoms with Crippen LogP contribution in [0.4, 0.5) is 18.9 Å². The lowest BCUT2D eigenvalue weighted by molar-refractivity contribution is -0.137. The topological polar surface area (TPSA) is 92.2 Å². The fourth-order valence-corrected chi connectivity index (χ4v) is 3.64. The van der Waals surface area contributed by atoms with E-state index >= 15 is 0 Å². The number of amides is 2. The molecule has 0 spiro atoms. The highest BCUT2D eigenvalue weighted by Crippen LogP contribution is 2.34. The highest BCUT2D eigenvalue weighted by atomic mass is 32.2. The van der Waals surface area contributed by atoms with Crippen molar-refractivity contribution < 1.29 is 27.5 Å². The first-order valence-electron chi connectivity index (χ1n) is 8.95. The van der Waals surface area contributed by atoms with E-state index in [0.29, 0.717) is 11.3 Å². The number of hydrogen-bond donors (Lipinski definition) is 2. The summed E-state index contributed by atoms with van der Waals surface area (Å²) in [5.41, 5.74) is -0.638. The summed E-state index contributed by atoms with van der Waals surface area (Å²) >= 11 is 0.974. The minimum absolute atomic E-state index is 0.185. The van der Waals surface area contributed by atoms with Crippen molar-refractivity contribution in [3.63, 3.8) is 0 Å². The summed E-state index contributed by atoms with van der Waals surface area (Å²) in [5, 5.41) is 11.9. The number of carbonyl (C=O) groups excluding carboxylic acids is 2. The van der Waals surface area contributed by atoms with Gasteiger partial charge in [-0.15, -0.1) is 5.10 Å². The molecule has 1 atom stereocenters. The highest BCUT2D eigenvalue weighted by Gasteiger charge is 2.35. The summed E-state index contributed by atoms with van der Waals surface area (Å²) in [6.07, 6.45) is -3.48. The number of hydrogen-bond acceptors (Lipinski definition) is 6. The van der Waals surface area contributed by atoms with Gasteiger partial charge in [0.2, 0.25) is 11.8 Å². The van der Waals surface area contributed by atoms with Gasteiger partial charge in [-0.05, 0) is 24.3 Å². The summed E-state index contributed by atoms with van der Waals surface area (Å²) in [5.74, 6) is -0.595. The molecule has 2 aromatic carbocycles. The number of amidine groups is 1. The van der Waals surface area contributed by atoms with E-state index < -0.39 is 28.8 Å². The van der Waals surface area contributed by atoms with Crippen LogP contribution in [0.15, 0.2) is 58.7 Å². The summed E-state index contributed by atoms with van der Waals surface area (Å²) in [6.45, 7) is 0. The summed E-state index contributed by atoms with van der Waals surface area (Å²) in [6, 6.07) is 11.8. The first-order chi connectivity index (χ1) is 14.8. The Morgan fingerprint density at radius 1 is 1.23 bits per heavy atom. The van der Waals surface area contributed by atoms with Crippen LogP contribution in [-0.4, -0.2) is 35.6 Å². The predicted molar refractivity (Wildman–Crippen MR) is 112 cm³/mol. The molecule has 1 fully saturated rings. The lowest BCUT2D eigenvalue weighted by Crippen LogP contribution is -2.28. The van der Waals surface area contributed by atoms with Gasteiger partial charge in [-0.25, -0.2) is 0 Å². The Kier molecular flexibility index (Phi) is 6.95. The number of anilines is 1. The molecule has 0 aromatic heterocycles. The largest absolute Gasteiger partial charge is 0.496 e. The second-order valence-corrected chi connectivity index (χ2v) is 7.47. The van der Waals surface area contributed by atoms with Crippen LogP contribution in [0.1, 0.15) is 17.5 Å². The van der Waals surface area contributed by atoms with Gasteiger partial charge in [0.15, 0.2) is 5.17 Å². The molecule has 0 radical (unpaired) electrons. The number of para-hydroxylation sites is 2. The maximum atomic E-state index is 13.0. The molecule has 0 aliphatic carbocycles. The fraction of sp³-hybridized carbons (Fsp3) is 0.200. The fourth-order valence-electron chi connectivity index (χ4n) is 2.71. The normalized spacial score (nSPS) is 17.7. The number of nitrogens with one attached hydrogen (secondary N) is 2. The van der Waals surface area contributed by atoms with E-state index in [4.69, 9.17) is 4.74 Å². The summed E-state index contributed by atoms with van der Waals surface area (Å²) < 4.78 is 44.3. The van der Waals surface area contributed by atoms with E-state index in [1.807, 2.05) is 0 Å². The van der Waals surface area contributed by atoms with Crippen molar-refractivity contribution in [3.05, 3.63) is 59.7 Å². The molecule has 0 unspecified atom stereocenters. The van der Waals surface area contributed by atoms with Gasteiger partial charge in [-0.3, -0.25) is 9.59 Å². The van der Waals surface area contributed by atoms with E-state index in [9.17, 15) is 22.8 Å². The van der Waals surface area contributed by atoms with E-state index in [1.165, 1.54) is 25.5 Å². The zero-order chi connectivity index (χ0) is 22.4. The van der Waals surface area contributed by atoms with Crippen LogP contribution < -0.4 is 15.4 Å². The average Bonchev–Trinajstić information content (AvgIpc) is 3.07. The van der Waals surface area contributed by atoms with Crippen molar-refractivity contribution in [2.24, 2.45) is 10.2 Å². The number of benzene rings is 2. The third-order valence-corrected chi connectivity index (χ3v) is 5.21. The van der Waals surface area contributed by atoms with Crippen LogP contribution in [0.5, 0.6) is 5.75 Å². The Morgan fingerprint density at radius 3 is 2.68 bits per heavy atom. The lowest BCUT2D eigenvalue weighted by Gasteiger charge is -2.14. The van der Waals surface area contributed by atoms with Crippen molar-refractivity contribution in [1.82, 2.24) is 5.32 Å². The van der Waals surface area contributed by atoms with Gasteiger partial charge >= 0.3 is 6.18 Å². The summed E-state index contributed by atoms with van der Waals surface area (Å²) in [4.78, 5) is 24.3. The Hall–Kier alpha value is -3.34. The van der Waals surface area contributed by atoms with Crippen LogP contribution in [-0.2, 0) is 15.8 Å². The van der Waals surface area contributed by atoms with Gasteiger partial charge in [0.05, 0.1) is 24.6 Å². The number of rotatable bonds is 6. The van der Waals surface area contributed by atoms with Crippen molar-refractivity contribution in [2.75, 3.05) is 12.4 Å². The van der Waals surface area contributed by atoms with Crippen molar-refractivity contribution in [3.8, 4) is 5.75 Å². The number of ether oxygens (including phenoxy) is 1. The van der Waals surface area contributed by atoms with Gasteiger partial charge < -0.3 is 15.4 Å². The van der Waals surface area contributed by atoms with Crippen LogP contribution in [0, 0.1) is 0 Å². The Labute approximate surface area is 179 Å². The molecule has 31 heavy (non-hydrogen) atoms. The van der Waals surface area contributed by atoms with Gasteiger partial charge in [-0.2, -0.15) is 18.3 Å². The SMILES string of the molecule is COc1ccccc1/C=N\N=C1/NC(=O)[C@H](CC(=O)Nc2ccccc2C(F)(F)F)S1. The van der Waals surface area contributed by atoms with Crippen molar-refractivity contribution in [2.45, 2.75) is 17.8 Å². The molecule has 11 heteroatoms. The van der Waals surface area contributed by atoms with Crippen LogP contribution in [0.2, 0.25) is 0 Å². The average molecular weight is 450 g/mol. The minimum Gasteiger partial charge on any atom is -0.496 e. The molecule has 0 saturated carbocycles. The molecule has 1 aliphatic rings. The Morgan fingerprint density at radius 2 is 1.94 bits per heavy atom. The van der Waals surface area contributed by atoms with Gasteiger partial charge in [-0.1, -0.05) is 36.0 Å². The highest BCUT2D eigenvalue weighted by molar-refractivity contribution is 8.15. The first-order valence-corrected chi connectivity index (χ1v) is 9.83. The Bertz CT molecular complexity index is 1040. The summed E-state index contributed by atoms with van der Waals surface area (Å²) in [7, 11) is 1.52. The van der Waals surface area contributed by atoms with E-state index in [2.05, 4.69) is 20.8 Å². The van der Waals surface area contributed by atoms with Gasteiger partial charge in [0.25, 0.3) is 0 Å². The number of methoxy groups -OCH3 is 1. The second kappa shape index (κ2) is 9.65. The molecule has 1 aliphatic heterocycles. The third kappa shape index (κ3) is 5.85. The molecule has 1 saturated heterocycles. The first kappa shape index (κ1) is 22.3. The molecule has 3 rings (SSSR count). The van der Waals surface area contributed by atoms with Crippen molar-refractivity contribution >= 4 is 40.6 Å². The van der Waals surface area contributed by atoms with Crippen molar-refractivity contribution in [1.29, 1.82) is 0 Å². The second-order valence-electron chi connectivity index (χ2n) is 6.28.